The van der Waals surface area contributed by atoms with E-state index >= 15 is 0 Å². The first kappa shape index (κ1) is 25.4. The van der Waals surface area contributed by atoms with Gasteiger partial charge in [0.25, 0.3) is 5.56 Å². The van der Waals surface area contributed by atoms with Crippen molar-refractivity contribution in [2.45, 2.75) is 32.8 Å². The van der Waals surface area contributed by atoms with Gasteiger partial charge in [-0.15, -0.1) is 0 Å². The van der Waals surface area contributed by atoms with Gasteiger partial charge < -0.3 is 4.74 Å². The molecule has 5 rings (SSSR count). The van der Waals surface area contributed by atoms with Crippen molar-refractivity contribution < 1.29 is 4.74 Å². The zero-order chi connectivity index (χ0) is 26.5. The van der Waals surface area contributed by atoms with Crippen LogP contribution in [0.4, 0.5) is 0 Å². The van der Waals surface area contributed by atoms with Crippen LogP contribution in [-0.4, -0.2) is 15.9 Å². The number of hydrogen-bond donors (Lipinski definition) is 0. The van der Waals surface area contributed by atoms with Gasteiger partial charge in [-0.1, -0.05) is 77.8 Å². The van der Waals surface area contributed by atoms with E-state index in [1.165, 1.54) is 4.68 Å². The number of nitriles is 1. The van der Waals surface area contributed by atoms with Crippen LogP contribution >= 0.6 is 15.9 Å². The first-order valence-electron chi connectivity index (χ1n) is 12.5. The number of unbranched alkanes of at least 4 members (excludes halogenated alkanes) is 1. The first-order chi connectivity index (χ1) is 18.6. The van der Waals surface area contributed by atoms with Gasteiger partial charge in [0, 0.05) is 22.0 Å². The molecule has 0 aliphatic heterocycles. The summed E-state index contributed by atoms with van der Waals surface area (Å²) in [7, 11) is 0. The van der Waals surface area contributed by atoms with Crippen molar-refractivity contribution in [3.63, 3.8) is 0 Å². The standard InChI is InChI=1S/C31H25BrN4O2/c1-2-3-12-30-35-28-15-14-24(32)17-26(28)31(37)36(30)34-19-27-25-11-7-6-8-21(25)13-16-29(27)38-20-23-10-5-4-9-22(23)18-33/h4-11,13-17,19H,2-3,12,20H2,1H3. The fraction of sp³-hybridized carbons (Fsp3) is 0.161. The molecule has 0 atom stereocenters. The minimum absolute atomic E-state index is 0.218. The Labute approximate surface area is 229 Å². The molecule has 0 fully saturated rings. The van der Waals surface area contributed by atoms with Crippen LogP contribution in [0.15, 0.2) is 93.2 Å². The molecule has 188 valence electrons. The Morgan fingerprint density at radius 2 is 1.87 bits per heavy atom. The van der Waals surface area contributed by atoms with Crippen LogP contribution in [0.1, 0.15) is 42.3 Å². The lowest BCUT2D eigenvalue weighted by Gasteiger charge is -2.13. The molecule has 0 saturated heterocycles. The number of benzene rings is 4. The predicted octanol–water partition coefficient (Wildman–Crippen LogP) is 6.99. The number of halogens is 1. The lowest BCUT2D eigenvalue weighted by atomic mass is 10.0. The second-order valence-electron chi connectivity index (χ2n) is 8.91. The Hall–Kier alpha value is -4.28. The number of rotatable bonds is 8. The highest BCUT2D eigenvalue weighted by Gasteiger charge is 2.13. The van der Waals surface area contributed by atoms with E-state index in [0.29, 0.717) is 34.5 Å². The maximum absolute atomic E-state index is 13.5. The molecule has 1 heterocycles. The Balaban J connectivity index is 1.61. The summed E-state index contributed by atoms with van der Waals surface area (Å²) in [5, 5.41) is 16.6. The van der Waals surface area contributed by atoms with Crippen molar-refractivity contribution in [2.24, 2.45) is 5.10 Å². The normalized spacial score (nSPS) is 11.3. The van der Waals surface area contributed by atoms with Crippen LogP contribution in [0.3, 0.4) is 0 Å². The summed E-state index contributed by atoms with van der Waals surface area (Å²) in [5.41, 5.74) is 2.56. The molecule has 7 heteroatoms. The van der Waals surface area contributed by atoms with Gasteiger partial charge in [-0.25, -0.2) is 4.98 Å². The van der Waals surface area contributed by atoms with E-state index in [4.69, 9.17) is 9.72 Å². The molecular weight excluding hydrogens is 540 g/mol. The lowest BCUT2D eigenvalue weighted by Crippen LogP contribution is -2.22. The second-order valence-corrected chi connectivity index (χ2v) is 9.83. The Bertz CT molecular complexity index is 1770. The Morgan fingerprint density at radius 3 is 2.71 bits per heavy atom. The molecule has 38 heavy (non-hydrogen) atoms. The summed E-state index contributed by atoms with van der Waals surface area (Å²) < 4.78 is 8.43. The minimum Gasteiger partial charge on any atom is -0.488 e. The average Bonchev–Trinajstić information content (AvgIpc) is 2.95. The van der Waals surface area contributed by atoms with E-state index < -0.39 is 0 Å². The van der Waals surface area contributed by atoms with Gasteiger partial charge in [-0.05, 0) is 47.5 Å². The lowest BCUT2D eigenvalue weighted by molar-refractivity contribution is 0.306. The highest BCUT2D eigenvalue weighted by atomic mass is 79.9. The molecule has 0 aliphatic rings. The molecule has 0 aliphatic carbocycles. The SMILES string of the molecule is CCCCc1nc2ccc(Br)cc2c(=O)n1N=Cc1c(OCc2ccccc2C#N)ccc2ccccc12. The van der Waals surface area contributed by atoms with E-state index in [1.54, 1.807) is 18.3 Å². The zero-order valence-electron chi connectivity index (χ0n) is 20.9. The molecule has 1 aromatic heterocycles. The van der Waals surface area contributed by atoms with E-state index in [-0.39, 0.29) is 12.2 Å². The second kappa shape index (κ2) is 11.4. The van der Waals surface area contributed by atoms with Crippen LogP contribution in [0, 0.1) is 11.3 Å². The maximum Gasteiger partial charge on any atom is 0.282 e. The van der Waals surface area contributed by atoms with Crippen LogP contribution in [-0.2, 0) is 13.0 Å². The predicted molar refractivity (Wildman–Crippen MR) is 155 cm³/mol. The number of fused-ring (bicyclic) bond motifs is 2. The third-order valence-electron chi connectivity index (χ3n) is 6.38. The Morgan fingerprint density at radius 1 is 1.05 bits per heavy atom. The van der Waals surface area contributed by atoms with Gasteiger partial charge in [-0.3, -0.25) is 4.79 Å². The van der Waals surface area contributed by atoms with Crippen molar-refractivity contribution in [1.82, 2.24) is 9.66 Å². The topological polar surface area (TPSA) is 80.3 Å². The van der Waals surface area contributed by atoms with Gasteiger partial charge in [0.1, 0.15) is 18.2 Å². The summed E-state index contributed by atoms with van der Waals surface area (Å²) >= 11 is 3.46. The van der Waals surface area contributed by atoms with Crippen molar-refractivity contribution in [1.29, 1.82) is 5.26 Å². The van der Waals surface area contributed by atoms with Gasteiger partial charge in [0.05, 0.1) is 28.8 Å². The fourth-order valence-corrected chi connectivity index (χ4v) is 4.73. The van der Waals surface area contributed by atoms with Gasteiger partial charge in [-0.2, -0.15) is 15.0 Å². The molecule has 0 bridgehead atoms. The summed E-state index contributed by atoms with van der Waals surface area (Å²) in [6, 6.07) is 27.0. The van der Waals surface area contributed by atoms with E-state index in [1.807, 2.05) is 66.7 Å². The summed E-state index contributed by atoms with van der Waals surface area (Å²) in [6.07, 6.45) is 4.18. The molecule has 0 amide bonds. The number of aromatic nitrogens is 2. The average molecular weight is 565 g/mol. The monoisotopic (exact) mass is 564 g/mol. The smallest absolute Gasteiger partial charge is 0.282 e. The molecule has 0 spiro atoms. The van der Waals surface area contributed by atoms with Crippen molar-refractivity contribution >= 4 is 43.8 Å². The first-order valence-corrected chi connectivity index (χ1v) is 13.3. The summed E-state index contributed by atoms with van der Waals surface area (Å²) in [5.74, 6) is 1.23. The number of hydrogen-bond acceptors (Lipinski definition) is 5. The number of aryl methyl sites for hydroxylation is 1. The minimum atomic E-state index is -0.218. The molecule has 4 aromatic carbocycles. The van der Waals surface area contributed by atoms with Crippen LogP contribution in [0.2, 0.25) is 0 Å². The van der Waals surface area contributed by atoms with Crippen LogP contribution in [0.5, 0.6) is 5.75 Å². The summed E-state index contributed by atoms with van der Waals surface area (Å²) in [4.78, 5) is 18.3. The van der Waals surface area contributed by atoms with Crippen molar-refractivity contribution in [2.75, 3.05) is 0 Å². The quantitative estimate of drug-likeness (QED) is 0.190. The number of ether oxygens (including phenoxy) is 1. The highest BCUT2D eigenvalue weighted by molar-refractivity contribution is 9.10. The zero-order valence-corrected chi connectivity index (χ0v) is 22.5. The molecule has 6 nitrogen and oxygen atoms in total. The maximum atomic E-state index is 13.5. The number of nitrogens with zero attached hydrogens (tertiary/aromatic N) is 4. The van der Waals surface area contributed by atoms with Crippen molar-refractivity contribution in [3.8, 4) is 11.8 Å². The van der Waals surface area contributed by atoms with E-state index in [0.717, 1.165) is 39.2 Å². The van der Waals surface area contributed by atoms with Crippen LogP contribution in [0.25, 0.3) is 21.7 Å². The molecule has 0 saturated carbocycles. The van der Waals surface area contributed by atoms with E-state index in [9.17, 15) is 10.1 Å². The van der Waals surface area contributed by atoms with Crippen LogP contribution < -0.4 is 10.3 Å². The van der Waals surface area contributed by atoms with Gasteiger partial charge >= 0.3 is 0 Å². The molecule has 0 N–H and O–H groups in total. The third kappa shape index (κ3) is 5.22. The van der Waals surface area contributed by atoms with Gasteiger partial charge in [0.15, 0.2) is 0 Å². The van der Waals surface area contributed by atoms with Gasteiger partial charge in [0.2, 0.25) is 0 Å². The van der Waals surface area contributed by atoms with E-state index in [2.05, 4.69) is 34.0 Å². The highest BCUT2D eigenvalue weighted by Crippen LogP contribution is 2.28. The molecule has 5 aromatic rings. The largest absolute Gasteiger partial charge is 0.488 e. The molecule has 0 unspecified atom stereocenters. The molecule has 0 radical (unpaired) electrons. The third-order valence-corrected chi connectivity index (χ3v) is 6.88. The Kier molecular flexibility index (Phi) is 7.62. The fourth-order valence-electron chi connectivity index (χ4n) is 4.37. The summed E-state index contributed by atoms with van der Waals surface area (Å²) in [6.45, 7) is 2.34. The molecular formula is C31H25BrN4O2. The van der Waals surface area contributed by atoms with Crippen molar-refractivity contribution in [3.05, 3.63) is 116 Å².